The number of nitrogens with zero attached hydrogens (tertiary/aromatic N) is 2. The Labute approximate surface area is 221 Å². The van der Waals surface area contributed by atoms with Crippen molar-refractivity contribution < 1.29 is 22.4 Å². The molecule has 0 aliphatic carbocycles. The summed E-state index contributed by atoms with van der Waals surface area (Å²) in [4.78, 5) is 27.8. The van der Waals surface area contributed by atoms with Crippen molar-refractivity contribution in [2.75, 3.05) is 17.9 Å². The van der Waals surface area contributed by atoms with Crippen LogP contribution in [0.5, 0.6) is 0 Å². The number of carbonyl (C=O) groups excluding carboxylic acids is 2. The smallest absolute Gasteiger partial charge is 0.264 e. The Hall–Kier alpha value is -3.43. The Morgan fingerprint density at radius 3 is 2.19 bits per heavy atom. The van der Waals surface area contributed by atoms with Gasteiger partial charge in [0.1, 0.15) is 18.4 Å². The summed E-state index contributed by atoms with van der Waals surface area (Å²) in [6.07, 6.45) is 0.289. The van der Waals surface area contributed by atoms with Gasteiger partial charge < -0.3 is 10.2 Å². The van der Waals surface area contributed by atoms with Gasteiger partial charge in [-0.15, -0.1) is 0 Å². The van der Waals surface area contributed by atoms with Crippen LogP contribution in [0.3, 0.4) is 0 Å². The predicted octanol–water partition coefficient (Wildman–Crippen LogP) is 4.54. The standard InChI is InChI=1S/C27H29ClFN3O4S/c1-4-25(27(34)30-3)31(17-20-7-5-6-8-24(20)28)26(33)18-32(22-13-11-21(29)12-14-22)37(35,36)23-15-9-19(2)10-16-23/h5-16,25H,4,17-18H2,1-3H3,(H,30,34). The average molecular weight is 546 g/mol. The monoisotopic (exact) mass is 545 g/mol. The predicted molar refractivity (Wildman–Crippen MR) is 142 cm³/mol. The highest BCUT2D eigenvalue weighted by Gasteiger charge is 2.33. The van der Waals surface area contributed by atoms with E-state index in [9.17, 15) is 22.4 Å². The normalized spacial score (nSPS) is 12.0. The molecular weight excluding hydrogens is 517 g/mol. The molecule has 3 aromatic rings. The Morgan fingerprint density at radius 2 is 1.62 bits per heavy atom. The lowest BCUT2D eigenvalue weighted by Crippen LogP contribution is -2.51. The van der Waals surface area contributed by atoms with E-state index in [0.29, 0.717) is 10.6 Å². The van der Waals surface area contributed by atoms with Gasteiger partial charge in [-0.3, -0.25) is 13.9 Å². The van der Waals surface area contributed by atoms with Gasteiger partial charge in [0.2, 0.25) is 11.8 Å². The maximum Gasteiger partial charge on any atom is 0.264 e. The van der Waals surface area contributed by atoms with E-state index in [1.165, 1.54) is 36.2 Å². The highest BCUT2D eigenvalue weighted by molar-refractivity contribution is 7.92. The second-order valence-electron chi connectivity index (χ2n) is 8.45. The van der Waals surface area contributed by atoms with Crippen molar-refractivity contribution in [2.24, 2.45) is 0 Å². The van der Waals surface area contributed by atoms with Crippen LogP contribution in [0.1, 0.15) is 24.5 Å². The first-order valence-electron chi connectivity index (χ1n) is 11.7. The van der Waals surface area contributed by atoms with Crippen molar-refractivity contribution in [3.8, 4) is 0 Å². The fraction of sp³-hybridized carbons (Fsp3) is 0.259. The summed E-state index contributed by atoms with van der Waals surface area (Å²) in [6.45, 7) is 2.97. The minimum atomic E-state index is -4.21. The van der Waals surface area contributed by atoms with Crippen LogP contribution in [0.25, 0.3) is 0 Å². The van der Waals surface area contributed by atoms with E-state index in [1.54, 1.807) is 43.3 Å². The average Bonchev–Trinajstić information content (AvgIpc) is 2.88. The van der Waals surface area contributed by atoms with E-state index >= 15 is 0 Å². The topological polar surface area (TPSA) is 86.8 Å². The number of nitrogens with one attached hydrogen (secondary N) is 1. The van der Waals surface area contributed by atoms with Crippen LogP contribution in [0.4, 0.5) is 10.1 Å². The van der Waals surface area contributed by atoms with Gasteiger partial charge in [0, 0.05) is 18.6 Å². The lowest BCUT2D eigenvalue weighted by Gasteiger charge is -2.33. The molecule has 2 amide bonds. The fourth-order valence-corrected chi connectivity index (χ4v) is 5.48. The largest absolute Gasteiger partial charge is 0.357 e. The molecular formula is C27H29ClFN3O4S. The Kier molecular flexibility index (Phi) is 9.29. The molecule has 37 heavy (non-hydrogen) atoms. The minimum absolute atomic E-state index is 0.00767. The molecule has 196 valence electrons. The van der Waals surface area contributed by atoms with Crippen LogP contribution in [0.2, 0.25) is 5.02 Å². The Bertz CT molecular complexity index is 1350. The van der Waals surface area contributed by atoms with Gasteiger partial charge in [0.05, 0.1) is 10.6 Å². The number of halogens is 2. The molecule has 1 N–H and O–H groups in total. The van der Waals surface area contributed by atoms with Crippen LogP contribution in [-0.2, 0) is 26.2 Å². The minimum Gasteiger partial charge on any atom is -0.357 e. The summed E-state index contributed by atoms with van der Waals surface area (Å²) in [7, 11) is -2.75. The molecule has 10 heteroatoms. The van der Waals surface area contributed by atoms with Crippen LogP contribution in [0, 0.1) is 12.7 Å². The van der Waals surface area contributed by atoms with Gasteiger partial charge >= 0.3 is 0 Å². The molecule has 0 heterocycles. The summed E-state index contributed by atoms with van der Waals surface area (Å²) in [6, 6.07) is 17.1. The zero-order chi connectivity index (χ0) is 27.2. The molecule has 0 bridgehead atoms. The fourth-order valence-electron chi connectivity index (χ4n) is 3.87. The third-order valence-corrected chi connectivity index (χ3v) is 8.09. The van der Waals surface area contributed by atoms with Gasteiger partial charge in [-0.25, -0.2) is 12.8 Å². The van der Waals surface area contributed by atoms with Crippen molar-refractivity contribution in [3.05, 3.63) is 94.8 Å². The van der Waals surface area contributed by atoms with Crippen molar-refractivity contribution >= 4 is 39.1 Å². The first-order valence-corrected chi connectivity index (χ1v) is 13.5. The molecule has 3 aromatic carbocycles. The van der Waals surface area contributed by atoms with Crippen molar-refractivity contribution in [1.29, 1.82) is 0 Å². The quantitative estimate of drug-likeness (QED) is 0.405. The number of rotatable bonds is 10. The first-order chi connectivity index (χ1) is 17.6. The van der Waals surface area contributed by atoms with E-state index in [-0.39, 0.29) is 23.5 Å². The second-order valence-corrected chi connectivity index (χ2v) is 10.7. The van der Waals surface area contributed by atoms with Crippen molar-refractivity contribution in [1.82, 2.24) is 10.2 Å². The maximum atomic E-state index is 13.8. The molecule has 3 rings (SSSR count). The SMILES string of the molecule is CCC(C(=O)NC)N(Cc1ccccc1Cl)C(=O)CN(c1ccc(F)cc1)S(=O)(=O)c1ccc(C)cc1. The molecule has 0 spiro atoms. The molecule has 0 saturated carbocycles. The van der Waals surface area contributed by atoms with E-state index in [2.05, 4.69) is 5.32 Å². The number of amides is 2. The highest BCUT2D eigenvalue weighted by atomic mass is 35.5. The molecule has 1 atom stereocenters. The summed E-state index contributed by atoms with van der Waals surface area (Å²) >= 11 is 6.34. The molecule has 7 nitrogen and oxygen atoms in total. The van der Waals surface area contributed by atoms with E-state index in [1.807, 2.05) is 6.92 Å². The van der Waals surface area contributed by atoms with Crippen LogP contribution >= 0.6 is 11.6 Å². The van der Waals surface area contributed by atoms with Gasteiger partial charge in [0.25, 0.3) is 10.0 Å². The van der Waals surface area contributed by atoms with E-state index in [0.717, 1.165) is 22.0 Å². The lowest BCUT2D eigenvalue weighted by atomic mass is 10.1. The number of sulfonamides is 1. The molecule has 0 fully saturated rings. The molecule has 0 radical (unpaired) electrons. The summed E-state index contributed by atoms with van der Waals surface area (Å²) in [5.41, 5.74) is 1.58. The van der Waals surface area contributed by atoms with E-state index < -0.39 is 40.2 Å². The zero-order valence-electron chi connectivity index (χ0n) is 20.8. The van der Waals surface area contributed by atoms with Gasteiger partial charge in [-0.05, 0) is 61.4 Å². The number of benzene rings is 3. The Balaban J connectivity index is 2.06. The second kappa shape index (κ2) is 12.2. The molecule has 0 aliphatic rings. The van der Waals surface area contributed by atoms with Crippen LogP contribution in [-0.4, -0.2) is 44.8 Å². The summed E-state index contributed by atoms with van der Waals surface area (Å²) in [5, 5.41) is 2.98. The number of hydrogen-bond acceptors (Lipinski definition) is 4. The number of likely N-dealkylation sites (N-methyl/N-ethyl adjacent to an activating group) is 1. The van der Waals surface area contributed by atoms with Crippen molar-refractivity contribution in [2.45, 2.75) is 37.8 Å². The number of aryl methyl sites for hydroxylation is 1. The third-order valence-electron chi connectivity index (χ3n) is 5.93. The number of hydrogen-bond donors (Lipinski definition) is 1. The highest BCUT2D eigenvalue weighted by Crippen LogP contribution is 2.26. The summed E-state index contributed by atoms with van der Waals surface area (Å²) in [5.74, 6) is -1.55. The first kappa shape index (κ1) is 28.1. The van der Waals surface area contributed by atoms with Crippen molar-refractivity contribution in [3.63, 3.8) is 0 Å². The molecule has 0 aliphatic heterocycles. The third kappa shape index (κ3) is 6.67. The molecule has 1 unspecified atom stereocenters. The number of carbonyl (C=O) groups is 2. The summed E-state index contributed by atoms with van der Waals surface area (Å²) < 4.78 is 42.0. The van der Waals surface area contributed by atoms with Crippen LogP contribution < -0.4 is 9.62 Å². The van der Waals surface area contributed by atoms with Gasteiger partial charge in [-0.2, -0.15) is 0 Å². The van der Waals surface area contributed by atoms with Gasteiger partial charge in [-0.1, -0.05) is 54.4 Å². The Morgan fingerprint density at radius 1 is 1.00 bits per heavy atom. The van der Waals surface area contributed by atoms with Gasteiger partial charge in [0.15, 0.2) is 0 Å². The van der Waals surface area contributed by atoms with E-state index in [4.69, 9.17) is 11.6 Å². The molecule has 0 aromatic heterocycles. The zero-order valence-corrected chi connectivity index (χ0v) is 22.4. The van der Waals surface area contributed by atoms with Crippen LogP contribution in [0.15, 0.2) is 77.7 Å². The maximum absolute atomic E-state index is 13.8. The lowest BCUT2D eigenvalue weighted by molar-refractivity contribution is -0.140. The number of anilines is 1. The molecule has 0 saturated heterocycles.